The van der Waals surface area contributed by atoms with Crippen molar-refractivity contribution in [3.8, 4) is 0 Å². The first-order chi connectivity index (χ1) is 30.0. The fraction of sp³-hybridized carbons (Fsp3) is 0.964. The minimum atomic E-state index is -0.670. The molecular formula is C55H109NO5. The molecule has 0 saturated heterocycles. The molecule has 0 radical (unpaired) electrons. The van der Waals surface area contributed by atoms with Crippen molar-refractivity contribution in [1.29, 1.82) is 0 Å². The van der Waals surface area contributed by atoms with Crippen LogP contribution < -0.4 is 5.32 Å². The highest BCUT2D eigenvalue weighted by Gasteiger charge is 2.20. The highest BCUT2D eigenvalue weighted by Crippen LogP contribution is 2.18. The molecule has 3 N–H and O–H groups in total. The van der Waals surface area contributed by atoms with Crippen molar-refractivity contribution in [2.45, 2.75) is 328 Å². The number of unbranched alkanes of at least 4 members (excludes halogenated alkanes) is 41. The molecule has 6 nitrogen and oxygen atoms in total. The second-order valence-electron chi connectivity index (χ2n) is 19.3. The topological polar surface area (TPSA) is 95.9 Å². The van der Waals surface area contributed by atoms with E-state index in [2.05, 4.69) is 19.2 Å². The monoisotopic (exact) mass is 864 g/mol. The number of hydrogen-bond acceptors (Lipinski definition) is 5. The Hall–Kier alpha value is -1.14. The predicted octanol–water partition coefficient (Wildman–Crippen LogP) is 16.7. The van der Waals surface area contributed by atoms with Crippen molar-refractivity contribution in [3.63, 3.8) is 0 Å². The highest BCUT2D eigenvalue weighted by atomic mass is 16.5. The molecule has 0 aliphatic heterocycles. The van der Waals surface area contributed by atoms with E-state index >= 15 is 0 Å². The van der Waals surface area contributed by atoms with Crippen LogP contribution in [0.1, 0.15) is 316 Å². The summed E-state index contributed by atoms with van der Waals surface area (Å²) in [5, 5.41) is 23.2. The molecule has 0 aromatic carbocycles. The number of aliphatic hydroxyl groups is 2. The van der Waals surface area contributed by atoms with E-state index in [9.17, 15) is 19.8 Å². The third-order valence-electron chi connectivity index (χ3n) is 13.2. The van der Waals surface area contributed by atoms with Crippen molar-refractivity contribution in [2.75, 3.05) is 13.2 Å². The Kier molecular flexibility index (Phi) is 50.5. The van der Waals surface area contributed by atoms with Crippen LogP contribution in [0, 0.1) is 0 Å². The van der Waals surface area contributed by atoms with Crippen molar-refractivity contribution in [3.05, 3.63) is 0 Å². The first kappa shape index (κ1) is 59.9. The Morgan fingerprint density at radius 3 is 1.00 bits per heavy atom. The lowest BCUT2D eigenvalue weighted by Crippen LogP contribution is -2.45. The SMILES string of the molecule is CCCCCCCCCCCCCCCCCCCCC(=O)OCCCCCCCCCCCCCCCC(=O)NC(CO)C(O)CCCCCCCCCCCCCCC. The first-order valence-electron chi connectivity index (χ1n) is 27.8. The molecule has 0 heterocycles. The number of ether oxygens (including phenoxy) is 1. The third kappa shape index (κ3) is 48.2. The van der Waals surface area contributed by atoms with Crippen molar-refractivity contribution >= 4 is 11.9 Å². The second-order valence-corrected chi connectivity index (χ2v) is 19.3. The average molecular weight is 864 g/mol. The summed E-state index contributed by atoms with van der Waals surface area (Å²) in [6.45, 7) is 4.95. The van der Waals surface area contributed by atoms with E-state index < -0.39 is 12.1 Å². The predicted molar refractivity (Wildman–Crippen MR) is 264 cm³/mol. The molecule has 0 fully saturated rings. The lowest BCUT2D eigenvalue weighted by atomic mass is 10.0. The number of hydrogen-bond donors (Lipinski definition) is 3. The summed E-state index contributed by atoms with van der Waals surface area (Å²) in [7, 11) is 0. The molecule has 0 spiro atoms. The van der Waals surface area contributed by atoms with Crippen LogP contribution in [0.25, 0.3) is 0 Å². The van der Waals surface area contributed by atoms with Crippen LogP contribution in [0.15, 0.2) is 0 Å². The summed E-state index contributed by atoms with van der Waals surface area (Å²) < 4.78 is 5.48. The molecule has 2 atom stereocenters. The first-order valence-corrected chi connectivity index (χ1v) is 27.8. The number of aliphatic hydroxyl groups excluding tert-OH is 2. The largest absolute Gasteiger partial charge is 0.466 e. The Bertz CT molecular complexity index is 867. The molecule has 61 heavy (non-hydrogen) atoms. The number of carbonyl (C=O) groups is 2. The minimum Gasteiger partial charge on any atom is -0.466 e. The number of esters is 1. The molecule has 0 rings (SSSR count). The molecule has 1 amide bonds. The molecule has 2 unspecified atom stereocenters. The molecule has 0 aliphatic rings. The van der Waals surface area contributed by atoms with Gasteiger partial charge in [-0.15, -0.1) is 0 Å². The normalized spacial score (nSPS) is 12.5. The fourth-order valence-electron chi connectivity index (χ4n) is 8.88. The summed E-state index contributed by atoms with van der Waals surface area (Å²) >= 11 is 0. The number of amides is 1. The van der Waals surface area contributed by atoms with Gasteiger partial charge in [-0.3, -0.25) is 9.59 Å². The van der Waals surface area contributed by atoms with Gasteiger partial charge >= 0.3 is 5.97 Å². The Balaban J connectivity index is 3.40. The van der Waals surface area contributed by atoms with Crippen LogP contribution in [-0.4, -0.2) is 47.4 Å². The zero-order valence-corrected chi connectivity index (χ0v) is 41.4. The van der Waals surface area contributed by atoms with Crippen LogP contribution in [0.4, 0.5) is 0 Å². The Morgan fingerprint density at radius 2 is 0.672 bits per heavy atom. The molecule has 0 saturated carbocycles. The zero-order valence-electron chi connectivity index (χ0n) is 41.4. The number of rotatable bonds is 52. The highest BCUT2D eigenvalue weighted by molar-refractivity contribution is 5.76. The smallest absolute Gasteiger partial charge is 0.305 e. The summed E-state index contributed by atoms with van der Waals surface area (Å²) in [6.07, 6.45) is 57.9. The van der Waals surface area contributed by atoms with Gasteiger partial charge in [0, 0.05) is 12.8 Å². The molecule has 6 heteroatoms. The van der Waals surface area contributed by atoms with Gasteiger partial charge in [0.2, 0.25) is 5.91 Å². The summed E-state index contributed by atoms with van der Waals surface area (Å²) in [5.74, 6) is -0.0461. The lowest BCUT2D eigenvalue weighted by Gasteiger charge is -2.22. The van der Waals surface area contributed by atoms with E-state index in [0.29, 0.717) is 25.9 Å². The number of nitrogens with one attached hydrogen (secondary N) is 1. The maximum atomic E-state index is 12.4. The van der Waals surface area contributed by atoms with Gasteiger partial charge in [0.15, 0.2) is 0 Å². The van der Waals surface area contributed by atoms with Crippen LogP contribution in [0.5, 0.6) is 0 Å². The summed E-state index contributed by atoms with van der Waals surface area (Å²) in [5.41, 5.74) is 0. The second kappa shape index (κ2) is 51.5. The van der Waals surface area contributed by atoms with Gasteiger partial charge in [-0.1, -0.05) is 277 Å². The van der Waals surface area contributed by atoms with Gasteiger partial charge in [0.05, 0.1) is 25.4 Å². The minimum absolute atomic E-state index is 0.000317. The van der Waals surface area contributed by atoms with Crippen molar-refractivity contribution < 1.29 is 24.5 Å². The molecule has 0 aliphatic carbocycles. The quantitative estimate of drug-likeness (QED) is 0.0418. The molecule has 0 aromatic rings. The molecule has 364 valence electrons. The van der Waals surface area contributed by atoms with E-state index in [1.807, 2.05) is 0 Å². The summed E-state index contributed by atoms with van der Waals surface area (Å²) in [4.78, 5) is 24.5. The van der Waals surface area contributed by atoms with Gasteiger partial charge in [-0.2, -0.15) is 0 Å². The van der Waals surface area contributed by atoms with E-state index in [0.717, 1.165) is 51.4 Å². The van der Waals surface area contributed by atoms with Crippen LogP contribution in [0.3, 0.4) is 0 Å². The maximum Gasteiger partial charge on any atom is 0.305 e. The third-order valence-corrected chi connectivity index (χ3v) is 13.2. The van der Waals surface area contributed by atoms with E-state index in [-0.39, 0.29) is 18.5 Å². The standard InChI is InChI=1S/C55H109NO5/c1-3-5-7-9-11-13-15-17-18-19-20-21-25-29-33-37-41-45-49-55(60)61-50-46-42-38-34-30-26-22-24-28-32-36-40-44-48-54(59)56-52(51-57)53(58)47-43-39-35-31-27-23-16-14-12-10-8-6-4-2/h52-53,57-58H,3-51H2,1-2H3,(H,56,59). The average Bonchev–Trinajstić information content (AvgIpc) is 3.26. The van der Waals surface area contributed by atoms with Gasteiger partial charge < -0.3 is 20.3 Å². The van der Waals surface area contributed by atoms with E-state index in [1.165, 1.54) is 231 Å². The molecular weight excluding hydrogens is 755 g/mol. The lowest BCUT2D eigenvalue weighted by molar-refractivity contribution is -0.143. The van der Waals surface area contributed by atoms with Gasteiger partial charge in [-0.25, -0.2) is 0 Å². The van der Waals surface area contributed by atoms with Gasteiger partial charge in [-0.05, 0) is 25.7 Å². The zero-order chi connectivity index (χ0) is 44.4. The summed E-state index contributed by atoms with van der Waals surface area (Å²) in [6, 6.07) is -0.549. The molecule has 0 bridgehead atoms. The van der Waals surface area contributed by atoms with Gasteiger partial charge in [0.1, 0.15) is 0 Å². The fourth-order valence-corrected chi connectivity index (χ4v) is 8.88. The van der Waals surface area contributed by atoms with Gasteiger partial charge in [0.25, 0.3) is 0 Å². The van der Waals surface area contributed by atoms with Crippen LogP contribution in [-0.2, 0) is 14.3 Å². The number of carbonyl (C=O) groups excluding carboxylic acids is 2. The Morgan fingerprint density at radius 1 is 0.393 bits per heavy atom. The van der Waals surface area contributed by atoms with Crippen LogP contribution >= 0.6 is 0 Å². The van der Waals surface area contributed by atoms with Crippen LogP contribution in [0.2, 0.25) is 0 Å². The maximum absolute atomic E-state index is 12.4. The molecule has 0 aromatic heterocycles. The van der Waals surface area contributed by atoms with E-state index in [4.69, 9.17) is 4.74 Å². The van der Waals surface area contributed by atoms with Crippen molar-refractivity contribution in [2.24, 2.45) is 0 Å². The Labute approximate surface area is 381 Å². The van der Waals surface area contributed by atoms with Crippen molar-refractivity contribution in [1.82, 2.24) is 5.32 Å². The van der Waals surface area contributed by atoms with E-state index in [1.54, 1.807) is 0 Å².